The maximum atomic E-state index is 12.6. The van der Waals surface area contributed by atoms with E-state index in [2.05, 4.69) is 23.8 Å². The Balaban J connectivity index is 1.34. The average molecular weight is 381 g/mol. The molecule has 2 aromatic heterocycles. The lowest BCUT2D eigenvalue weighted by Crippen LogP contribution is -2.61. The predicted molar refractivity (Wildman–Crippen MR) is 108 cm³/mol. The summed E-state index contributed by atoms with van der Waals surface area (Å²) in [5.41, 5.74) is 2.55. The fourth-order valence-corrected chi connectivity index (χ4v) is 5.42. The van der Waals surface area contributed by atoms with Crippen molar-refractivity contribution in [2.75, 3.05) is 13.1 Å². The molecule has 2 spiro atoms. The van der Waals surface area contributed by atoms with Gasteiger partial charge in [-0.25, -0.2) is 4.98 Å². The second-order valence-electron chi connectivity index (χ2n) is 9.52. The molecule has 28 heavy (non-hydrogen) atoms. The largest absolute Gasteiger partial charge is 0.493 e. The Morgan fingerprint density at radius 3 is 2.68 bits per heavy atom. The minimum atomic E-state index is -0.901. The van der Waals surface area contributed by atoms with E-state index in [0.29, 0.717) is 11.8 Å². The highest BCUT2D eigenvalue weighted by atomic mass is 16.5. The summed E-state index contributed by atoms with van der Waals surface area (Å²) in [4.78, 5) is 22.2. The number of likely N-dealkylation sites (tertiary alicyclic amines) is 1. The van der Waals surface area contributed by atoms with Gasteiger partial charge in [0, 0.05) is 47.7 Å². The van der Waals surface area contributed by atoms with Crippen LogP contribution in [0.5, 0.6) is 0 Å². The van der Waals surface area contributed by atoms with Gasteiger partial charge in [0.15, 0.2) is 0 Å². The molecule has 5 rings (SSSR count). The van der Waals surface area contributed by atoms with E-state index in [-0.39, 0.29) is 11.3 Å². The Labute approximate surface area is 165 Å². The maximum Gasteiger partial charge on any atom is 0.493 e. The van der Waals surface area contributed by atoms with Crippen molar-refractivity contribution in [3.63, 3.8) is 0 Å². The number of carbonyl (C=O) groups is 1. The third-order valence-corrected chi connectivity index (χ3v) is 7.55. The molecule has 7 heteroatoms. The van der Waals surface area contributed by atoms with Gasteiger partial charge in [-0.1, -0.05) is 20.8 Å². The highest BCUT2D eigenvalue weighted by Gasteiger charge is 2.56. The normalized spacial score (nSPS) is 23.5. The fraction of sp³-hybridized carbons (Fsp3) is 0.619. The van der Waals surface area contributed by atoms with Crippen LogP contribution in [-0.4, -0.2) is 46.0 Å². The van der Waals surface area contributed by atoms with Gasteiger partial charge in [0.2, 0.25) is 5.91 Å². The van der Waals surface area contributed by atoms with Crippen LogP contribution in [0.15, 0.2) is 18.5 Å². The predicted octanol–water partition coefficient (Wildman–Crippen LogP) is 2.17. The number of carbonyl (C=O) groups excluding carboxylic acids is 1. The molecule has 1 unspecified atom stereocenters. The number of hydrogen-bond acceptors (Lipinski definition) is 4. The Morgan fingerprint density at radius 1 is 1.29 bits per heavy atom. The monoisotopic (exact) mass is 381 g/mol. The van der Waals surface area contributed by atoms with E-state index < -0.39 is 12.7 Å². The van der Waals surface area contributed by atoms with Gasteiger partial charge in [0.25, 0.3) is 0 Å². The summed E-state index contributed by atoms with van der Waals surface area (Å²) >= 11 is 0. The molecule has 0 radical (unpaired) electrons. The van der Waals surface area contributed by atoms with Crippen LogP contribution in [0.1, 0.15) is 52.0 Å². The Hall–Kier alpha value is -1.86. The zero-order valence-corrected chi connectivity index (χ0v) is 16.9. The number of nitrogens with one attached hydrogen (secondary N) is 1. The summed E-state index contributed by atoms with van der Waals surface area (Å²) in [6.45, 7) is 7.99. The van der Waals surface area contributed by atoms with E-state index in [0.717, 1.165) is 60.8 Å². The number of aromatic amines is 1. The van der Waals surface area contributed by atoms with Gasteiger partial charge in [0.05, 0.1) is 5.60 Å². The topological polar surface area (TPSA) is 78.5 Å². The number of pyridine rings is 1. The van der Waals surface area contributed by atoms with Crippen molar-refractivity contribution in [2.24, 2.45) is 17.3 Å². The van der Waals surface area contributed by atoms with Crippen molar-refractivity contribution in [3.05, 3.63) is 24.0 Å². The third-order valence-electron chi connectivity index (χ3n) is 7.55. The van der Waals surface area contributed by atoms with Gasteiger partial charge in [0.1, 0.15) is 5.65 Å². The molecule has 3 aliphatic rings. The minimum absolute atomic E-state index is 0.0850. The van der Waals surface area contributed by atoms with E-state index >= 15 is 0 Å². The Bertz CT molecular complexity index is 924. The lowest BCUT2D eigenvalue weighted by atomic mass is 9.62. The van der Waals surface area contributed by atoms with Crippen LogP contribution in [0.3, 0.4) is 0 Å². The number of hydrogen-bond donors (Lipinski definition) is 2. The van der Waals surface area contributed by atoms with Crippen molar-refractivity contribution in [1.82, 2.24) is 14.9 Å². The van der Waals surface area contributed by atoms with Crippen LogP contribution in [0.2, 0.25) is 0 Å². The van der Waals surface area contributed by atoms with Crippen LogP contribution in [-0.2, 0) is 15.0 Å². The van der Waals surface area contributed by atoms with E-state index in [1.54, 1.807) is 6.20 Å². The highest BCUT2D eigenvalue weighted by molar-refractivity contribution is 6.62. The number of fused-ring (bicyclic) bond motifs is 4. The number of H-pyrrole nitrogens is 1. The fourth-order valence-electron chi connectivity index (χ4n) is 5.42. The van der Waals surface area contributed by atoms with Gasteiger partial charge in [-0.2, -0.15) is 0 Å². The summed E-state index contributed by atoms with van der Waals surface area (Å²) in [6.07, 6.45) is 7.44. The van der Waals surface area contributed by atoms with Crippen LogP contribution >= 0.6 is 0 Å². The van der Waals surface area contributed by atoms with Crippen molar-refractivity contribution in [1.29, 1.82) is 0 Å². The number of amides is 1. The highest BCUT2D eigenvalue weighted by Crippen LogP contribution is 2.54. The molecule has 1 aliphatic carbocycles. The molecule has 2 fully saturated rings. The Kier molecular flexibility index (Phi) is 3.94. The summed E-state index contributed by atoms with van der Waals surface area (Å²) in [7, 11) is -0.901. The summed E-state index contributed by atoms with van der Waals surface area (Å²) in [5, 5.41) is 11.6. The summed E-state index contributed by atoms with van der Waals surface area (Å²) in [6, 6.07) is 2.03. The van der Waals surface area contributed by atoms with Crippen molar-refractivity contribution >= 4 is 29.5 Å². The number of aromatic nitrogens is 2. The second kappa shape index (κ2) is 6.07. The first-order valence-electron chi connectivity index (χ1n) is 10.5. The zero-order valence-electron chi connectivity index (χ0n) is 16.9. The minimum Gasteiger partial charge on any atom is -0.423 e. The smallest absolute Gasteiger partial charge is 0.423 e. The van der Waals surface area contributed by atoms with Gasteiger partial charge in [-0.3, -0.25) is 4.79 Å². The Morgan fingerprint density at radius 2 is 2.00 bits per heavy atom. The molecular weight excluding hydrogens is 353 g/mol. The first kappa shape index (κ1) is 18.2. The average Bonchev–Trinajstić information content (AvgIpc) is 3.22. The summed E-state index contributed by atoms with van der Waals surface area (Å²) in [5.74, 6) is 0.752. The SMILES string of the molecule is CC(C)C(C)C(=O)N1CC2(CCC3(CC2)OB(O)c2cnc4[nH]ccc4c23)C1. The molecule has 1 saturated heterocycles. The molecule has 0 aromatic carbocycles. The first-order valence-corrected chi connectivity index (χ1v) is 10.5. The van der Waals surface area contributed by atoms with Gasteiger partial charge in [-0.05, 0) is 43.2 Å². The van der Waals surface area contributed by atoms with Crippen LogP contribution in [0, 0.1) is 17.3 Å². The van der Waals surface area contributed by atoms with Crippen molar-refractivity contribution in [2.45, 2.75) is 52.1 Å². The zero-order chi connectivity index (χ0) is 19.7. The van der Waals surface area contributed by atoms with Crippen LogP contribution in [0.4, 0.5) is 0 Å². The molecule has 4 heterocycles. The lowest BCUT2D eigenvalue weighted by molar-refractivity contribution is -0.155. The van der Waals surface area contributed by atoms with E-state index in [9.17, 15) is 9.82 Å². The molecule has 0 bridgehead atoms. The van der Waals surface area contributed by atoms with E-state index in [4.69, 9.17) is 4.65 Å². The van der Waals surface area contributed by atoms with Crippen molar-refractivity contribution < 1.29 is 14.5 Å². The quantitative estimate of drug-likeness (QED) is 0.782. The lowest BCUT2D eigenvalue weighted by Gasteiger charge is -2.56. The summed E-state index contributed by atoms with van der Waals surface area (Å²) < 4.78 is 6.16. The standard InChI is InChI=1S/C21H28BN3O3/c1-13(2)14(3)19(26)25-11-20(12-25)5-7-21(8-6-20)17-15-4-9-23-18(15)24-10-16(17)22(27)28-21/h4,9-10,13-14,27H,5-8,11-12H2,1-3H3,(H,23,24). The molecule has 2 aliphatic heterocycles. The number of rotatable bonds is 2. The molecule has 2 N–H and O–H groups in total. The van der Waals surface area contributed by atoms with Crippen LogP contribution in [0.25, 0.3) is 11.0 Å². The molecule has 1 saturated carbocycles. The van der Waals surface area contributed by atoms with Gasteiger partial charge >= 0.3 is 7.12 Å². The molecule has 6 nitrogen and oxygen atoms in total. The second-order valence-corrected chi connectivity index (χ2v) is 9.52. The molecule has 1 amide bonds. The molecule has 1 atom stereocenters. The maximum absolute atomic E-state index is 12.6. The van der Waals surface area contributed by atoms with Crippen LogP contribution < -0.4 is 5.46 Å². The molecule has 2 aromatic rings. The van der Waals surface area contributed by atoms with Gasteiger partial charge in [-0.15, -0.1) is 0 Å². The van der Waals surface area contributed by atoms with Crippen molar-refractivity contribution in [3.8, 4) is 0 Å². The molecular formula is C21H28BN3O3. The third kappa shape index (κ3) is 2.48. The van der Waals surface area contributed by atoms with E-state index in [1.165, 1.54) is 0 Å². The molecule has 148 valence electrons. The number of nitrogens with zero attached hydrogens (tertiary/aromatic N) is 2. The van der Waals surface area contributed by atoms with Gasteiger partial charge < -0.3 is 19.6 Å². The van der Waals surface area contributed by atoms with E-state index in [1.807, 2.05) is 24.1 Å². The first-order chi connectivity index (χ1) is 13.3.